The van der Waals surface area contributed by atoms with Crippen LogP contribution in [0.5, 0.6) is 0 Å². The van der Waals surface area contributed by atoms with Crippen LogP contribution in [0.2, 0.25) is 0 Å². The van der Waals surface area contributed by atoms with E-state index in [1.54, 1.807) is 13.8 Å². The number of nitrogens with one attached hydrogen (secondary N) is 1. The quantitative estimate of drug-likeness (QED) is 0.843. The number of carbonyl (C=O) groups is 2. The average molecular weight is 342 g/mol. The third-order valence-corrected chi connectivity index (χ3v) is 4.62. The molecular weight excluding hydrogens is 316 g/mol. The first-order valence-electron chi connectivity index (χ1n) is 8.51. The molecule has 1 unspecified atom stereocenters. The normalized spacial score (nSPS) is 13.5. The van der Waals surface area contributed by atoms with Gasteiger partial charge in [-0.3, -0.25) is 4.79 Å². The van der Waals surface area contributed by atoms with Crippen LogP contribution in [0.4, 0.5) is 0 Å². The molecule has 2 atom stereocenters. The minimum Gasteiger partial charge on any atom is -0.480 e. The zero-order valence-corrected chi connectivity index (χ0v) is 15.4. The van der Waals surface area contributed by atoms with E-state index >= 15 is 0 Å². The third-order valence-electron chi connectivity index (χ3n) is 4.62. The summed E-state index contributed by atoms with van der Waals surface area (Å²) < 4.78 is 2.11. The number of aryl methyl sites for hydroxylation is 1. The van der Waals surface area contributed by atoms with Crippen LogP contribution in [-0.2, 0) is 4.79 Å². The van der Waals surface area contributed by atoms with Crippen molar-refractivity contribution in [3.8, 4) is 0 Å². The second kappa shape index (κ2) is 7.55. The van der Waals surface area contributed by atoms with Crippen molar-refractivity contribution in [1.29, 1.82) is 0 Å². The number of aromatic nitrogens is 1. The van der Waals surface area contributed by atoms with Crippen LogP contribution >= 0.6 is 0 Å². The summed E-state index contributed by atoms with van der Waals surface area (Å²) in [6, 6.07) is 11.1. The summed E-state index contributed by atoms with van der Waals surface area (Å²) in [5.74, 6) is -1.55. The fourth-order valence-electron chi connectivity index (χ4n) is 3.22. The van der Waals surface area contributed by atoms with E-state index in [0.717, 1.165) is 17.0 Å². The summed E-state index contributed by atoms with van der Waals surface area (Å²) in [6.45, 7) is 9.50. The first kappa shape index (κ1) is 18.8. The SMILES string of the molecule is Cc1cc(C(=O)N[C@H](C(=O)O)C(C)C)c(C)n1C(C)c1ccccc1. The number of hydrogen-bond donors (Lipinski definition) is 2. The average Bonchev–Trinajstić information content (AvgIpc) is 2.86. The fourth-order valence-corrected chi connectivity index (χ4v) is 3.22. The Labute approximate surface area is 148 Å². The molecule has 5 heteroatoms. The molecule has 134 valence electrons. The maximum atomic E-state index is 12.6. The summed E-state index contributed by atoms with van der Waals surface area (Å²) in [5.41, 5.74) is 3.48. The first-order valence-corrected chi connectivity index (χ1v) is 8.51. The van der Waals surface area contributed by atoms with Crippen LogP contribution < -0.4 is 5.32 Å². The van der Waals surface area contributed by atoms with E-state index in [2.05, 4.69) is 28.9 Å². The minimum atomic E-state index is -1.02. The predicted molar refractivity (Wildman–Crippen MR) is 97.9 cm³/mol. The minimum absolute atomic E-state index is 0.0862. The van der Waals surface area contributed by atoms with E-state index < -0.39 is 12.0 Å². The lowest BCUT2D eigenvalue weighted by Crippen LogP contribution is -2.44. The van der Waals surface area contributed by atoms with Gasteiger partial charge < -0.3 is 15.0 Å². The molecule has 0 saturated heterocycles. The van der Waals surface area contributed by atoms with E-state index in [4.69, 9.17) is 0 Å². The number of amides is 1. The molecule has 0 radical (unpaired) electrons. The zero-order chi connectivity index (χ0) is 18.7. The lowest BCUT2D eigenvalue weighted by molar-refractivity contribution is -0.140. The van der Waals surface area contributed by atoms with Crippen LogP contribution in [0.25, 0.3) is 0 Å². The fraction of sp³-hybridized carbons (Fsp3) is 0.400. The van der Waals surface area contributed by atoms with Crippen molar-refractivity contribution < 1.29 is 14.7 Å². The van der Waals surface area contributed by atoms with Gasteiger partial charge in [-0.05, 0) is 38.3 Å². The second-order valence-electron chi connectivity index (χ2n) is 6.77. The van der Waals surface area contributed by atoms with E-state index in [9.17, 15) is 14.7 Å². The van der Waals surface area contributed by atoms with E-state index in [1.165, 1.54) is 0 Å². The Morgan fingerprint density at radius 2 is 1.68 bits per heavy atom. The highest BCUT2D eigenvalue weighted by Gasteiger charge is 2.26. The van der Waals surface area contributed by atoms with Crippen molar-refractivity contribution in [2.24, 2.45) is 5.92 Å². The Morgan fingerprint density at radius 1 is 1.08 bits per heavy atom. The van der Waals surface area contributed by atoms with Crippen LogP contribution in [0.3, 0.4) is 0 Å². The maximum Gasteiger partial charge on any atom is 0.326 e. The molecule has 25 heavy (non-hydrogen) atoms. The topological polar surface area (TPSA) is 71.3 Å². The molecule has 2 aromatic rings. The van der Waals surface area contributed by atoms with Gasteiger partial charge in [0.15, 0.2) is 0 Å². The smallest absolute Gasteiger partial charge is 0.326 e. The highest BCUT2D eigenvalue weighted by Crippen LogP contribution is 2.25. The highest BCUT2D eigenvalue weighted by atomic mass is 16.4. The van der Waals surface area contributed by atoms with Crippen molar-refractivity contribution in [3.63, 3.8) is 0 Å². The molecule has 0 spiro atoms. The zero-order valence-electron chi connectivity index (χ0n) is 15.4. The van der Waals surface area contributed by atoms with Crippen LogP contribution in [-0.4, -0.2) is 27.6 Å². The molecular formula is C20H26N2O3. The maximum absolute atomic E-state index is 12.6. The molecule has 1 amide bonds. The monoisotopic (exact) mass is 342 g/mol. The summed E-state index contributed by atoms with van der Waals surface area (Å²) in [6.07, 6.45) is 0. The van der Waals surface area contributed by atoms with Gasteiger partial charge in [-0.1, -0.05) is 44.2 Å². The van der Waals surface area contributed by atoms with Gasteiger partial charge in [0.1, 0.15) is 6.04 Å². The summed E-state index contributed by atoms with van der Waals surface area (Å²) in [5, 5.41) is 11.9. The van der Waals surface area contributed by atoms with Crippen LogP contribution in [0.15, 0.2) is 36.4 Å². The van der Waals surface area contributed by atoms with Crippen LogP contribution in [0.1, 0.15) is 54.1 Å². The van der Waals surface area contributed by atoms with Gasteiger partial charge in [0, 0.05) is 11.4 Å². The number of carboxylic acid groups (broad SMARTS) is 1. The largest absolute Gasteiger partial charge is 0.480 e. The molecule has 5 nitrogen and oxygen atoms in total. The van der Waals surface area contributed by atoms with Crippen molar-refractivity contribution >= 4 is 11.9 Å². The molecule has 1 aromatic heterocycles. The first-order chi connectivity index (χ1) is 11.7. The molecule has 2 N–H and O–H groups in total. The number of hydrogen-bond acceptors (Lipinski definition) is 2. The standard InChI is InChI=1S/C20H26N2O3/c1-12(2)18(20(24)25)21-19(23)17-11-13(3)22(15(17)5)14(4)16-9-7-6-8-10-16/h6-12,14,18H,1-5H3,(H,21,23)(H,24,25)/t14?,18-/m0/s1. The van der Waals surface area contributed by atoms with Crippen molar-refractivity contribution in [2.75, 3.05) is 0 Å². The number of aliphatic carboxylic acids is 1. The third kappa shape index (κ3) is 3.92. The predicted octanol–water partition coefficient (Wildman–Crippen LogP) is 3.55. The van der Waals surface area contributed by atoms with Gasteiger partial charge >= 0.3 is 5.97 Å². The molecule has 0 aliphatic carbocycles. The number of nitrogens with zero attached hydrogens (tertiary/aromatic N) is 1. The van der Waals surface area contributed by atoms with Crippen molar-refractivity contribution in [2.45, 2.75) is 46.7 Å². The van der Waals surface area contributed by atoms with E-state index in [1.807, 2.05) is 38.1 Å². The van der Waals surface area contributed by atoms with Gasteiger partial charge in [-0.2, -0.15) is 0 Å². The second-order valence-corrected chi connectivity index (χ2v) is 6.77. The number of carbonyl (C=O) groups excluding carboxylic acids is 1. The number of rotatable bonds is 6. The van der Waals surface area contributed by atoms with Crippen LogP contribution in [0, 0.1) is 19.8 Å². The number of carboxylic acids is 1. The van der Waals surface area contributed by atoms with Gasteiger partial charge in [0.2, 0.25) is 0 Å². The molecule has 0 fully saturated rings. The molecule has 1 aromatic carbocycles. The van der Waals surface area contributed by atoms with E-state index in [0.29, 0.717) is 5.56 Å². The van der Waals surface area contributed by atoms with Gasteiger partial charge in [-0.15, -0.1) is 0 Å². The molecule has 2 rings (SSSR count). The summed E-state index contributed by atoms with van der Waals surface area (Å²) in [7, 11) is 0. The lowest BCUT2D eigenvalue weighted by atomic mass is 10.0. The molecule has 1 heterocycles. The van der Waals surface area contributed by atoms with Gasteiger partial charge in [0.25, 0.3) is 5.91 Å². The van der Waals surface area contributed by atoms with Crippen molar-refractivity contribution in [3.05, 3.63) is 58.9 Å². The Bertz CT molecular complexity index is 763. The van der Waals surface area contributed by atoms with E-state index in [-0.39, 0.29) is 17.9 Å². The Hall–Kier alpha value is -2.56. The lowest BCUT2D eigenvalue weighted by Gasteiger charge is -2.20. The Balaban J connectivity index is 2.33. The number of benzene rings is 1. The summed E-state index contributed by atoms with van der Waals surface area (Å²) >= 11 is 0. The molecule has 0 aliphatic rings. The Morgan fingerprint density at radius 3 is 2.20 bits per heavy atom. The van der Waals surface area contributed by atoms with Crippen molar-refractivity contribution in [1.82, 2.24) is 9.88 Å². The molecule has 0 bridgehead atoms. The molecule has 0 saturated carbocycles. The van der Waals surface area contributed by atoms with Gasteiger partial charge in [-0.25, -0.2) is 4.79 Å². The Kier molecular flexibility index (Phi) is 5.67. The highest BCUT2D eigenvalue weighted by molar-refractivity contribution is 5.98. The summed E-state index contributed by atoms with van der Waals surface area (Å²) in [4.78, 5) is 24.0. The van der Waals surface area contributed by atoms with Gasteiger partial charge in [0.05, 0.1) is 11.6 Å². The molecule has 0 aliphatic heterocycles.